The third kappa shape index (κ3) is 3.19. The number of allylic oxidation sites excluding steroid dienone is 3. The van der Waals surface area contributed by atoms with Gasteiger partial charge in [-0.3, -0.25) is 4.99 Å². The Labute approximate surface area is 93.3 Å². The molecule has 0 spiro atoms. The van der Waals surface area contributed by atoms with E-state index in [0.29, 0.717) is 5.92 Å². The summed E-state index contributed by atoms with van der Waals surface area (Å²) in [6, 6.07) is 0.242. The smallest absolute Gasteiger partial charge is 0.0895 e. The van der Waals surface area contributed by atoms with Gasteiger partial charge >= 0.3 is 0 Å². The van der Waals surface area contributed by atoms with Crippen molar-refractivity contribution < 1.29 is 0 Å². The molecule has 0 saturated heterocycles. The van der Waals surface area contributed by atoms with Gasteiger partial charge in [0.2, 0.25) is 0 Å². The highest BCUT2D eigenvalue weighted by Crippen LogP contribution is 2.25. The van der Waals surface area contributed by atoms with E-state index in [0.717, 1.165) is 6.42 Å². The van der Waals surface area contributed by atoms with E-state index in [-0.39, 0.29) is 6.04 Å². The lowest BCUT2D eigenvalue weighted by atomic mass is 9.89. The molecule has 1 nitrogen and oxygen atoms in total. The van der Waals surface area contributed by atoms with Crippen LogP contribution in [0.2, 0.25) is 0 Å². The molecule has 1 heterocycles. The fourth-order valence-electron chi connectivity index (χ4n) is 1.82. The minimum Gasteiger partial charge on any atom is -0.282 e. The fourth-order valence-corrected chi connectivity index (χ4v) is 1.82. The SMILES string of the molecule is C=CC=CC1N=C(C)CC=C1C(C)CC. The summed E-state index contributed by atoms with van der Waals surface area (Å²) in [6.07, 6.45) is 10.5. The Balaban J connectivity index is 2.85. The van der Waals surface area contributed by atoms with Crippen LogP contribution in [0.15, 0.2) is 41.4 Å². The van der Waals surface area contributed by atoms with E-state index in [1.165, 1.54) is 17.7 Å². The average molecular weight is 203 g/mol. The molecule has 0 N–H and O–H groups in total. The summed E-state index contributed by atoms with van der Waals surface area (Å²) in [5.41, 5.74) is 2.68. The lowest BCUT2D eigenvalue weighted by Gasteiger charge is -2.23. The Kier molecular flexibility index (Phi) is 4.54. The van der Waals surface area contributed by atoms with Crippen molar-refractivity contribution >= 4 is 5.71 Å². The van der Waals surface area contributed by atoms with Crippen molar-refractivity contribution in [3.05, 3.63) is 36.5 Å². The summed E-state index contributed by atoms with van der Waals surface area (Å²) in [5.74, 6) is 0.626. The van der Waals surface area contributed by atoms with Crippen molar-refractivity contribution in [2.75, 3.05) is 0 Å². The molecule has 0 aromatic heterocycles. The quantitative estimate of drug-likeness (QED) is 0.485. The van der Waals surface area contributed by atoms with E-state index < -0.39 is 0 Å². The van der Waals surface area contributed by atoms with Crippen molar-refractivity contribution in [1.29, 1.82) is 0 Å². The van der Waals surface area contributed by atoms with Gasteiger partial charge in [-0.05, 0) is 24.8 Å². The molecule has 2 atom stereocenters. The Morgan fingerprint density at radius 2 is 2.40 bits per heavy atom. The number of aliphatic imine (C=N–C) groups is 1. The zero-order valence-corrected chi connectivity index (χ0v) is 10.0. The Morgan fingerprint density at radius 1 is 1.67 bits per heavy atom. The third-order valence-electron chi connectivity index (χ3n) is 2.95. The van der Waals surface area contributed by atoms with E-state index in [1.807, 2.05) is 12.2 Å². The molecule has 0 fully saturated rings. The predicted octanol–water partition coefficient (Wildman–Crippen LogP) is 3.93. The van der Waals surface area contributed by atoms with Gasteiger partial charge in [-0.1, -0.05) is 44.7 Å². The summed E-state index contributed by atoms with van der Waals surface area (Å²) in [5, 5.41) is 0. The lowest BCUT2D eigenvalue weighted by molar-refractivity contribution is 0.611. The first-order valence-corrected chi connectivity index (χ1v) is 5.71. The molecule has 1 aliphatic heterocycles. The minimum absolute atomic E-state index is 0.242. The van der Waals surface area contributed by atoms with Crippen molar-refractivity contribution in [1.82, 2.24) is 0 Å². The van der Waals surface area contributed by atoms with Crippen LogP contribution in [-0.4, -0.2) is 11.8 Å². The topological polar surface area (TPSA) is 12.4 Å². The van der Waals surface area contributed by atoms with Crippen LogP contribution in [0, 0.1) is 5.92 Å². The largest absolute Gasteiger partial charge is 0.282 e. The molecule has 1 aliphatic rings. The van der Waals surface area contributed by atoms with Crippen LogP contribution in [0.5, 0.6) is 0 Å². The Hall–Kier alpha value is -1.11. The van der Waals surface area contributed by atoms with Crippen LogP contribution >= 0.6 is 0 Å². The summed E-state index contributed by atoms with van der Waals surface area (Å²) >= 11 is 0. The Bertz CT molecular complexity index is 307. The summed E-state index contributed by atoms with van der Waals surface area (Å²) in [6.45, 7) is 10.3. The highest BCUT2D eigenvalue weighted by molar-refractivity contribution is 5.85. The number of hydrogen-bond donors (Lipinski definition) is 0. The van der Waals surface area contributed by atoms with Crippen molar-refractivity contribution in [3.8, 4) is 0 Å². The molecule has 0 radical (unpaired) electrons. The van der Waals surface area contributed by atoms with E-state index in [1.54, 1.807) is 0 Å². The molecule has 0 saturated carbocycles. The zero-order valence-electron chi connectivity index (χ0n) is 10.0. The first-order chi connectivity index (χ1) is 7.19. The fraction of sp³-hybridized carbons (Fsp3) is 0.500. The number of rotatable bonds is 4. The van der Waals surface area contributed by atoms with E-state index >= 15 is 0 Å². The molecule has 0 bridgehead atoms. The standard InChI is InChI=1S/C14H21N/c1-5-7-8-14-13(11(3)6-2)10-9-12(4)15-14/h5,7-8,10-11,14H,1,6,9H2,2-4H3. The maximum atomic E-state index is 4.68. The normalized spacial score (nSPS) is 23.5. The Morgan fingerprint density at radius 3 is 3.00 bits per heavy atom. The molecule has 0 aromatic rings. The number of dihydropyridines is 1. The average Bonchev–Trinajstić information content (AvgIpc) is 2.25. The van der Waals surface area contributed by atoms with Gasteiger partial charge in [0.25, 0.3) is 0 Å². The monoisotopic (exact) mass is 203 g/mol. The van der Waals surface area contributed by atoms with Gasteiger partial charge in [0.05, 0.1) is 6.04 Å². The van der Waals surface area contributed by atoms with E-state index in [4.69, 9.17) is 0 Å². The van der Waals surface area contributed by atoms with Crippen LogP contribution in [0.25, 0.3) is 0 Å². The molecule has 2 unspecified atom stereocenters. The molecule has 0 aromatic carbocycles. The minimum atomic E-state index is 0.242. The van der Waals surface area contributed by atoms with Crippen LogP contribution in [0.1, 0.15) is 33.6 Å². The maximum Gasteiger partial charge on any atom is 0.0895 e. The molecule has 15 heavy (non-hydrogen) atoms. The lowest BCUT2D eigenvalue weighted by Crippen LogP contribution is -2.17. The van der Waals surface area contributed by atoms with Crippen LogP contribution < -0.4 is 0 Å². The molecular formula is C14H21N. The van der Waals surface area contributed by atoms with E-state index in [9.17, 15) is 0 Å². The van der Waals surface area contributed by atoms with Gasteiger partial charge in [-0.25, -0.2) is 0 Å². The van der Waals surface area contributed by atoms with Gasteiger partial charge in [0, 0.05) is 12.1 Å². The van der Waals surface area contributed by atoms with E-state index in [2.05, 4.69) is 44.5 Å². The summed E-state index contributed by atoms with van der Waals surface area (Å²) in [4.78, 5) is 4.68. The van der Waals surface area contributed by atoms with Gasteiger partial charge in [-0.15, -0.1) is 0 Å². The first kappa shape index (κ1) is 12.0. The highest BCUT2D eigenvalue weighted by Gasteiger charge is 2.18. The van der Waals surface area contributed by atoms with Gasteiger partial charge in [0.15, 0.2) is 0 Å². The summed E-state index contributed by atoms with van der Waals surface area (Å²) < 4.78 is 0. The second-order valence-electron chi connectivity index (χ2n) is 4.15. The highest BCUT2D eigenvalue weighted by atomic mass is 14.8. The van der Waals surface area contributed by atoms with Crippen molar-refractivity contribution in [2.24, 2.45) is 10.9 Å². The van der Waals surface area contributed by atoms with Gasteiger partial charge < -0.3 is 0 Å². The van der Waals surface area contributed by atoms with Crippen LogP contribution in [0.4, 0.5) is 0 Å². The number of nitrogens with zero attached hydrogens (tertiary/aromatic N) is 1. The molecule has 82 valence electrons. The zero-order chi connectivity index (χ0) is 11.3. The molecule has 1 heteroatoms. The second kappa shape index (κ2) is 5.69. The summed E-state index contributed by atoms with van der Waals surface area (Å²) in [7, 11) is 0. The maximum absolute atomic E-state index is 4.68. The van der Waals surface area contributed by atoms with Crippen molar-refractivity contribution in [2.45, 2.75) is 39.7 Å². The molecular weight excluding hydrogens is 182 g/mol. The third-order valence-corrected chi connectivity index (χ3v) is 2.95. The first-order valence-electron chi connectivity index (χ1n) is 5.71. The second-order valence-corrected chi connectivity index (χ2v) is 4.15. The van der Waals surface area contributed by atoms with Crippen LogP contribution in [-0.2, 0) is 0 Å². The molecule has 0 amide bonds. The van der Waals surface area contributed by atoms with Gasteiger partial charge in [0.1, 0.15) is 0 Å². The number of hydrogen-bond acceptors (Lipinski definition) is 1. The molecule has 1 rings (SSSR count). The van der Waals surface area contributed by atoms with Crippen molar-refractivity contribution in [3.63, 3.8) is 0 Å². The predicted molar refractivity (Wildman–Crippen MR) is 68.4 cm³/mol. The molecule has 0 aliphatic carbocycles. The van der Waals surface area contributed by atoms with Crippen LogP contribution in [0.3, 0.4) is 0 Å². The van der Waals surface area contributed by atoms with Gasteiger partial charge in [-0.2, -0.15) is 0 Å².